The zero-order valence-electron chi connectivity index (χ0n) is 16.9. The van der Waals surface area contributed by atoms with Crippen LogP contribution >= 0.6 is 0 Å². The molecule has 3 rings (SSSR count). The Morgan fingerprint density at radius 2 is 1.33 bits per heavy atom. The highest BCUT2D eigenvalue weighted by atomic mass is 32.2. The van der Waals surface area contributed by atoms with E-state index < -0.39 is 20.0 Å². The molecule has 0 bridgehead atoms. The van der Waals surface area contributed by atoms with Crippen molar-refractivity contribution in [1.29, 1.82) is 0 Å². The Morgan fingerprint density at radius 3 is 1.80 bits per heavy atom. The zero-order valence-corrected chi connectivity index (χ0v) is 18.5. The number of sulfonamides is 2. The number of ether oxygens (including phenoxy) is 1. The predicted octanol–water partition coefficient (Wildman–Crippen LogP) is 2.65. The van der Waals surface area contributed by atoms with Gasteiger partial charge in [-0.1, -0.05) is 0 Å². The Hall–Kier alpha value is -3.05. The van der Waals surface area contributed by atoms with Crippen LogP contribution in [0.4, 0.5) is 11.4 Å². The van der Waals surface area contributed by atoms with Crippen LogP contribution in [0.5, 0.6) is 5.75 Å². The van der Waals surface area contributed by atoms with Gasteiger partial charge in [0.1, 0.15) is 10.6 Å². The lowest BCUT2D eigenvalue weighted by Crippen LogP contribution is -2.15. The van der Waals surface area contributed by atoms with Crippen LogP contribution in [0.25, 0.3) is 0 Å². The number of aryl methyl sites for hydroxylation is 2. The van der Waals surface area contributed by atoms with E-state index >= 15 is 0 Å². The van der Waals surface area contributed by atoms with Crippen LogP contribution in [0.1, 0.15) is 11.4 Å². The van der Waals surface area contributed by atoms with Gasteiger partial charge in [0.05, 0.1) is 23.4 Å². The molecule has 2 aromatic carbocycles. The summed E-state index contributed by atoms with van der Waals surface area (Å²) in [5.41, 5.74) is 1.50. The highest BCUT2D eigenvalue weighted by molar-refractivity contribution is 7.93. The number of aromatic nitrogens is 2. The largest absolute Gasteiger partial charge is 0.497 e. The maximum absolute atomic E-state index is 12.7. The van der Waals surface area contributed by atoms with Gasteiger partial charge in [-0.25, -0.2) is 16.8 Å². The average Bonchev–Trinajstić information content (AvgIpc) is 2.94. The van der Waals surface area contributed by atoms with Gasteiger partial charge in [-0.2, -0.15) is 5.10 Å². The van der Waals surface area contributed by atoms with E-state index in [0.29, 0.717) is 22.8 Å². The van der Waals surface area contributed by atoms with Crippen molar-refractivity contribution in [2.75, 3.05) is 16.6 Å². The summed E-state index contributed by atoms with van der Waals surface area (Å²) in [5, 5.41) is 4.12. The van der Waals surface area contributed by atoms with E-state index in [1.165, 1.54) is 36.1 Å². The van der Waals surface area contributed by atoms with Gasteiger partial charge < -0.3 is 4.74 Å². The van der Waals surface area contributed by atoms with Crippen molar-refractivity contribution in [3.63, 3.8) is 0 Å². The van der Waals surface area contributed by atoms with Crippen molar-refractivity contribution < 1.29 is 21.6 Å². The molecule has 0 aliphatic carbocycles. The Bertz CT molecular complexity index is 1260. The molecule has 2 N–H and O–H groups in total. The van der Waals surface area contributed by atoms with Crippen LogP contribution in [-0.2, 0) is 27.1 Å². The molecule has 0 fully saturated rings. The molecule has 0 amide bonds. The first kappa shape index (κ1) is 21.7. The Labute approximate surface area is 175 Å². The fraction of sp³-hybridized carbons (Fsp3) is 0.211. The summed E-state index contributed by atoms with van der Waals surface area (Å²) in [6.07, 6.45) is 0. The van der Waals surface area contributed by atoms with Crippen molar-refractivity contribution in [2.45, 2.75) is 23.6 Å². The molecule has 0 saturated carbocycles. The third kappa shape index (κ3) is 4.41. The number of nitrogens with zero attached hydrogens (tertiary/aromatic N) is 2. The second-order valence-electron chi connectivity index (χ2n) is 6.59. The summed E-state index contributed by atoms with van der Waals surface area (Å²) in [5.74, 6) is 0.605. The highest BCUT2D eigenvalue weighted by Gasteiger charge is 2.24. The van der Waals surface area contributed by atoms with Crippen LogP contribution in [0.15, 0.2) is 58.3 Å². The summed E-state index contributed by atoms with van der Waals surface area (Å²) in [7, 11) is -4.52. The molecule has 30 heavy (non-hydrogen) atoms. The van der Waals surface area contributed by atoms with Crippen LogP contribution < -0.4 is 14.2 Å². The van der Waals surface area contributed by atoms with Gasteiger partial charge in [-0.15, -0.1) is 0 Å². The fourth-order valence-electron chi connectivity index (χ4n) is 2.92. The van der Waals surface area contributed by atoms with E-state index in [1.54, 1.807) is 45.2 Å². The molecule has 0 aliphatic rings. The van der Waals surface area contributed by atoms with Gasteiger partial charge in [0, 0.05) is 18.4 Å². The molecule has 11 heteroatoms. The van der Waals surface area contributed by atoms with Crippen LogP contribution in [0.3, 0.4) is 0 Å². The summed E-state index contributed by atoms with van der Waals surface area (Å²) in [6.45, 7) is 3.27. The smallest absolute Gasteiger partial charge is 0.265 e. The summed E-state index contributed by atoms with van der Waals surface area (Å²) < 4.78 is 62.1. The molecule has 1 heterocycles. The first-order valence-electron chi connectivity index (χ1n) is 8.83. The minimum absolute atomic E-state index is 0.00463. The first-order valence-corrected chi connectivity index (χ1v) is 11.8. The van der Waals surface area contributed by atoms with Gasteiger partial charge in [-0.05, 0) is 62.4 Å². The monoisotopic (exact) mass is 450 g/mol. The van der Waals surface area contributed by atoms with E-state index in [9.17, 15) is 16.8 Å². The van der Waals surface area contributed by atoms with Crippen molar-refractivity contribution in [1.82, 2.24) is 9.78 Å². The Morgan fingerprint density at radius 1 is 0.833 bits per heavy atom. The molecule has 0 spiro atoms. The molecular formula is C19H22N4O5S2. The summed E-state index contributed by atoms with van der Waals surface area (Å²) in [6, 6.07) is 11.9. The van der Waals surface area contributed by atoms with Crippen molar-refractivity contribution >= 4 is 31.4 Å². The quantitative estimate of drug-likeness (QED) is 0.571. The van der Waals surface area contributed by atoms with Crippen molar-refractivity contribution in [3.8, 4) is 5.75 Å². The molecule has 0 saturated heterocycles. The van der Waals surface area contributed by atoms with E-state index in [4.69, 9.17) is 4.74 Å². The van der Waals surface area contributed by atoms with E-state index in [0.717, 1.165) is 0 Å². The topological polar surface area (TPSA) is 119 Å². The number of benzene rings is 2. The molecule has 0 aliphatic heterocycles. The van der Waals surface area contributed by atoms with Gasteiger partial charge in [-0.3, -0.25) is 14.1 Å². The molecule has 1 aromatic heterocycles. The molecule has 160 valence electrons. The number of hydrogen-bond donors (Lipinski definition) is 2. The van der Waals surface area contributed by atoms with Crippen molar-refractivity contribution in [3.05, 3.63) is 59.9 Å². The minimum atomic E-state index is -3.87. The van der Waals surface area contributed by atoms with E-state index in [2.05, 4.69) is 14.5 Å². The number of methoxy groups -OCH3 is 1. The second kappa shape index (κ2) is 8.00. The molecule has 0 radical (unpaired) electrons. The number of rotatable bonds is 7. The Kier molecular flexibility index (Phi) is 5.77. The van der Waals surface area contributed by atoms with Gasteiger partial charge in [0.15, 0.2) is 0 Å². The van der Waals surface area contributed by atoms with E-state index in [-0.39, 0.29) is 15.5 Å². The average molecular weight is 451 g/mol. The molecule has 3 aromatic rings. The zero-order chi connectivity index (χ0) is 22.1. The first-order chi connectivity index (χ1) is 14.0. The lowest BCUT2D eigenvalue weighted by molar-refractivity contribution is 0.415. The standard InChI is InChI=1S/C19H22N4O5S2/c1-13-19(14(2)23(3)20-13)30(26,27)22-16-7-11-18(12-8-16)29(24,25)21-15-5-9-17(28-4)10-6-15/h5-12,21-22H,1-4H3. The number of hydrogen-bond acceptors (Lipinski definition) is 6. The molecular weight excluding hydrogens is 428 g/mol. The van der Waals surface area contributed by atoms with Gasteiger partial charge in [0.2, 0.25) is 0 Å². The molecule has 9 nitrogen and oxygen atoms in total. The van der Waals surface area contributed by atoms with Gasteiger partial charge in [0.25, 0.3) is 20.0 Å². The SMILES string of the molecule is COc1ccc(NS(=O)(=O)c2ccc(NS(=O)(=O)c3c(C)nn(C)c3C)cc2)cc1. The predicted molar refractivity (Wildman–Crippen MR) is 114 cm³/mol. The van der Waals surface area contributed by atoms with Crippen molar-refractivity contribution in [2.24, 2.45) is 7.05 Å². The second-order valence-corrected chi connectivity index (χ2v) is 9.89. The number of anilines is 2. The maximum Gasteiger partial charge on any atom is 0.265 e. The van der Waals surface area contributed by atoms with Crippen LogP contribution in [0, 0.1) is 13.8 Å². The van der Waals surface area contributed by atoms with E-state index in [1.807, 2.05) is 0 Å². The maximum atomic E-state index is 12.7. The Balaban J connectivity index is 1.80. The normalized spacial score (nSPS) is 11.9. The lowest BCUT2D eigenvalue weighted by atomic mass is 10.3. The third-order valence-electron chi connectivity index (χ3n) is 4.47. The molecule has 0 unspecified atom stereocenters. The number of nitrogens with one attached hydrogen (secondary N) is 2. The lowest BCUT2D eigenvalue weighted by Gasteiger charge is -2.11. The third-order valence-corrected chi connectivity index (χ3v) is 7.50. The minimum Gasteiger partial charge on any atom is -0.497 e. The van der Waals surface area contributed by atoms with Gasteiger partial charge >= 0.3 is 0 Å². The fourth-order valence-corrected chi connectivity index (χ4v) is 5.48. The van der Waals surface area contributed by atoms with Crippen LogP contribution in [0.2, 0.25) is 0 Å². The summed E-state index contributed by atoms with van der Waals surface area (Å²) >= 11 is 0. The summed E-state index contributed by atoms with van der Waals surface area (Å²) in [4.78, 5) is 0.0953. The van der Waals surface area contributed by atoms with Crippen LogP contribution in [-0.4, -0.2) is 33.7 Å². The highest BCUT2D eigenvalue weighted by Crippen LogP contribution is 2.24. The molecule has 0 atom stereocenters.